The number of Topliss-reactive ketones (excluding diaryl/α,β-unsaturated/α-hetero) is 1. The number of ether oxygens (including phenoxy) is 1. The number of hydrazone groups is 1. The van der Waals surface area contributed by atoms with E-state index in [-0.39, 0.29) is 17.7 Å². The highest BCUT2D eigenvalue weighted by atomic mass is 19.1. The molecule has 2 aliphatic rings. The van der Waals surface area contributed by atoms with Gasteiger partial charge in [0.1, 0.15) is 17.3 Å². The first kappa shape index (κ1) is 22.7. The lowest BCUT2D eigenvalue weighted by molar-refractivity contribution is -0.00456. The van der Waals surface area contributed by atoms with E-state index in [1.54, 1.807) is 35.5 Å². The number of benzene rings is 3. The quantitative estimate of drug-likeness (QED) is 0.376. The van der Waals surface area contributed by atoms with Gasteiger partial charge >= 0.3 is 0 Å². The molecule has 2 atom stereocenters. The van der Waals surface area contributed by atoms with Crippen LogP contribution in [0.25, 0.3) is 0 Å². The third kappa shape index (κ3) is 4.38. The summed E-state index contributed by atoms with van der Waals surface area (Å²) in [5, 5.41) is 9.30. The topological polar surface area (TPSA) is 84.1 Å². The normalized spacial score (nSPS) is 17.9. The van der Waals surface area contributed by atoms with Gasteiger partial charge in [-0.15, -0.1) is 0 Å². The third-order valence-electron chi connectivity index (χ3n) is 6.54. The van der Waals surface area contributed by atoms with E-state index >= 15 is 0 Å². The smallest absolute Gasteiger partial charge is 0.251 e. The minimum atomic E-state index is -0.977. The molecule has 0 aliphatic carbocycles. The summed E-state index contributed by atoms with van der Waals surface area (Å²) in [5.41, 5.74) is 3.44. The van der Waals surface area contributed by atoms with Crippen molar-refractivity contribution in [1.82, 2.24) is 10.3 Å². The Kier molecular flexibility index (Phi) is 5.76. The number of hydrogen-bond acceptors (Lipinski definition) is 6. The number of halogens is 1. The van der Waals surface area contributed by atoms with Gasteiger partial charge in [-0.05, 0) is 60.2 Å². The summed E-state index contributed by atoms with van der Waals surface area (Å²) in [6, 6.07) is 23.6. The van der Waals surface area contributed by atoms with E-state index in [1.165, 1.54) is 24.3 Å². The highest BCUT2D eigenvalue weighted by Gasteiger charge is 2.43. The van der Waals surface area contributed by atoms with Crippen LogP contribution in [0.1, 0.15) is 50.1 Å². The Morgan fingerprint density at radius 3 is 2.46 bits per heavy atom. The molecule has 0 saturated carbocycles. The highest BCUT2D eigenvalue weighted by Crippen LogP contribution is 2.43. The third-order valence-corrected chi connectivity index (χ3v) is 6.54. The van der Waals surface area contributed by atoms with Crippen LogP contribution < -0.4 is 10.1 Å². The van der Waals surface area contributed by atoms with E-state index in [2.05, 4.69) is 5.32 Å². The van der Waals surface area contributed by atoms with Gasteiger partial charge in [-0.3, -0.25) is 9.59 Å². The Hall–Kier alpha value is -4.72. The van der Waals surface area contributed by atoms with Gasteiger partial charge in [0.25, 0.3) is 12.1 Å². The molecule has 8 heteroatoms. The maximum atomic E-state index is 13.4. The van der Waals surface area contributed by atoms with Crippen LogP contribution in [0.3, 0.4) is 0 Å². The second-order valence-corrected chi connectivity index (χ2v) is 8.87. The summed E-state index contributed by atoms with van der Waals surface area (Å²) in [5.74, 6) is 0.386. The Morgan fingerprint density at radius 2 is 1.70 bits per heavy atom. The first-order chi connectivity index (χ1) is 18.1. The Morgan fingerprint density at radius 1 is 0.946 bits per heavy atom. The second kappa shape index (κ2) is 9.39. The van der Waals surface area contributed by atoms with E-state index in [0.29, 0.717) is 35.6 Å². The van der Waals surface area contributed by atoms with Crippen LogP contribution in [0.15, 0.2) is 101 Å². The number of amides is 1. The van der Waals surface area contributed by atoms with Gasteiger partial charge in [-0.25, -0.2) is 9.40 Å². The van der Waals surface area contributed by atoms with Crippen molar-refractivity contribution < 1.29 is 23.1 Å². The van der Waals surface area contributed by atoms with Crippen molar-refractivity contribution in [1.29, 1.82) is 0 Å². The van der Waals surface area contributed by atoms with E-state index in [0.717, 1.165) is 16.8 Å². The monoisotopic (exact) mass is 495 g/mol. The fourth-order valence-electron chi connectivity index (χ4n) is 4.63. The molecular formula is C29H22FN3O4. The summed E-state index contributed by atoms with van der Waals surface area (Å²) in [4.78, 5) is 25.9. The molecular weight excluding hydrogens is 473 g/mol. The Labute approximate surface area is 212 Å². The van der Waals surface area contributed by atoms with Crippen molar-refractivity contribution in [3.63, 3.8) is 0 Å². The SMILES string of the molecule is O=C(NCc1ccco1)c1ccc(C2=NN3C(C(=O)c4ccc(F)cc4)Oc4ccccc4C3C2)cc1. The van der Waals surface area contributed by atoms with Gasteiger partial charge < -0.3 is 14.5 Å². The van der Waals surface area contributed by atoms with Gasteiger partial charge in [0.05, 0.1) is 24.6 Å². The number of rotatable bonds is 6. The van der Waals surface area contributed by atoms with Crippen LogP contribution in [0, 0.1) is 5.82 Å². The molecule has 1 amide bonds. The number of fused-ring (bicyclic) bond motifs is 3. The van der Waals surface area contributed by atoms with Crippen LogP contribution in [-0.4, -0.2) is 28.6 Å². The molecule has 6 rings (SSSR count). The molecule has 0 saturated heterocycles. The number of furan rings is 1. The zero-order valence-electron chi connectivity index (χ0n) is 19.6. The van der Waals surface area contributed by atoms with Crippen LogP contribution in [-0.2, 0) is 6.54 Å². The summed E-state index contributed by atoms with van der Waals surface area (Å²) >= 11 is 0. The zero-order chi connectivity index (χ0) is 25.4. The van der Waals surface area contributed by atoms with E-state index in [4.69, 9.17) is 14.3 Å². The lowest BCUT2D eigenvalue weighted by atomic mass is 9.95. The number of ketones is 1. The molecule has 0 spiro atoms. The van der Waals surface area contributed by atoms with Gasteiger partial charge in [0.15, 0.2) is 0 Å². The number of nitrogens with zero attached hydrogens (tertiary/aromatic N) is 2. The second-order valence-electron chi connectivity index (χ2n) is 8.87. The molecule has 4 aromatic rings. The maximum Gasteiger partial charge on any atom is 0.251 e. The standard InChI is InChI=1S/C29H22FN3O4/c30-21-13-11-19(12-14-21)27(34)29-33-25(23-5-1-2-6-26(23)37-29)16-24(32-33)18-7-9-20(10-8-18)28(35)31-17-22-4-3-15-36-22/h1-15,25,29H,16-17H2,(H,31,35). The van der Waals surface area contributed by atoms with Crippen molar-refractivity contribution in [3.8, 4) is 5.75 Å². The molecule has 184 valence electrons. The first-order valence-corrected chi connectivity index (χ1v) is 11.9. The van der Waals surface area contributed by atoms with Crippen molar-refractivity contribution in [3.05, 3.63) is 125 Å². The number of para-hydroxylation sites is 1. The molecule has 0 radical (unpaired) electrons. The van der Waals surface area contributed by atoms with Gasteiger partial charge in [-0.2, -0.15) is 5.10 Å². The van der Waals surface area contributed by atoms with E-state index in [9.17, 15) is 14.0 Å². The first-order valence-electron chi connectivity index (χ1n) is 11.9. The lowest BCUT2D eigenvalue weighted by Crippen LogP contribution is -2.45. The number of carbonyl (C=O) groups is 2. The lowest BCUT2D eigenvalue weighted by Gasteiger charge is -2.37. The van der Waals surface area contributed by atoms with Crippen LogP contribution in [0.5, 0.6) is 5.75 Å². The molecule has 2 unspecified atom stereocenters. The van der Waals surface area contributed by atoms with Crippen LogP contribution in [0.2, 0.25) is 0 Å². The summed E-state index contributed by atoms with van der Waals surface area (Å²) < 4.78 is 24.8. The predicted molar refractivity (Wildman–Crippen MR) is 134 cm³/mol. The minimum Gasteiger partial charge on any atom is -0.467 e. The van der Waals surface area contributed by atoms with E-state index < -0.39 is 12.0 Å². The maximum absolute atomic E-state index is 13.4. The van der Waals surface area contributed by atoms with Crippen molar-refractivity contribution in [2.45, 2.75) is 25.2 Å². The average Bonchev–Trinajstić information content (AvgIpc) is 3.62. The summed E-state index contributed by atoms with van der Waals surface area (Å²) in [6.45, 7) is 0.305. The molecule has 7 nitrogen and oxygen atoms in total. The van der Waals surface area contributed by atoms with Crippen LogP contribution >= 0.6 is 0 Å². The number of carbonyl (C=O) groups excluding carboxylic acids is 2. The van der Waals surface area contributed by atoms with Crippen molar-refractivity contribution >= 4 is 17.4 Å². The molecule has 3 aromatic carbocycles. The molecule has 1 aromatic heterocycles. The summed E-state index contributed by atoms with van der Waals surface area (Å²) in [7, 11) is 0. The Bertz CT molecular complexity index is 1480. The van der Waals surface area contributed by atoms with Gasteiger partial charge in [0, 0.05) is 23.1 Å². The van der Waals surface area contributed by atoms with Crippen molar-refractivity contribution in [2.24, 2.45) is 5.10 Å². The Balaban J connectivity index is 1.25. The molecule has 37 heavy (non-hydrogen) atoms. The van der Waals surface area contributed by atoms with Crippen LogP contribution in [0.4, 0.5) is 4.39 Å². The fraction of sp³-hybridized carbons (Fsp3) is 0.138. The highest BCUT2D eigenvalue weighted by molar-refractivity contribution is 6.04. The molecule has 1 N–H and O–H groups in total. The average molecular weight is 496 g/mol. The summed E-state index contributed by atoms with van der Waals surface area (Å²) in [6.07, 6.45) is 1.15. The van der Waals surface area contributed by atoms with Gasteiger partial charge in [-0.1, -0.05) is 30.3 Å². The largest absolute Gasteiger partial charge is 0.467 e. The van der Waals surface area contributed by atoms with Gasteiger partial charge in [0.2, 0.25) is 5.78 Å². The number of hydrogen-bond donors (Lipinski definition) is 1. The minimum absolute atomic E-state index is 0.189. The zero-order valence-corrected chi connectivity index (χ0v) is 19.6. The predicted octanol–water partition coefficient (Wildman–Crippen LogP) is 5.10. The van der Waals surface area contributed by atoms with Crippen molar-refractivity contribution in [2.75, 3.05) is 0 Å². The van der Waals surface area contributed by atoms with E-state index in [1.807, 2.05) is 36.4 Å². The molecule has 0 bridgehead atoms. The fourth-order valence-corrected chi connectivity index (χ4v) is 4.63. The molecule has 3 heterocycles. The molecule has 2 aliphatic heterocycles. The molecule has 0 fully saturated rings. The number of nitrogens with one attached hydrogen (secondary N) is 1.